The lowest BCUT2D eigenvalue weighted by atomic mass is 10.1. The minimum Gasteiger partial charge on any atom is -0.462 e. The second kappa shape index (κ2) is 4.86. The molecule has 1 aromatic carbocycles. The van der Waals surface area contributed by atoms with Gasteiger partial charge in [0.25, 0.3) is 0 Å². The molecule has 0 saturated heterocycles. The SMILES string of the molecule is CCOC(=O)c1cn(C2(F)CC2)c2cc(F)c(F)cc2c1=O. The molecular weight excluding hydrogens is 299 g/mol. The van der Waals surface area contributed by atoms with Crippen LogP contribution >= 0.6 is 0 Å². The maximum absolute atomic E-state index is 14.4. The molecule has 116 valence electrons. The van der Waals surface area contributed by atoms with E-state index >= 15 is 0 Å². The maximum Gasteiger partial charge on any atom is 0.343 e. The summed E-state index contributed by atoms with van der Waals surface area (Å²) in [5.74, 6) is -5.14. The number of pyridine rings is 1. The van der Waals surface area contributed by atoms with Crippen molar-refractivity contribution in [2.75, 3.05) is 6.61 Å². The topological polar surface area (TPSA) is 48.3 Å². The van der Waals surface area contributed by atoms with Gasteiger partial charge in [-0.15, -0.1) is 0 Å². The molecule has 0 amide bonds. The van der Waals surface area contributed by atoms with E-state index in [2.05, 4.69) is 0 Å². The first kappa shape index (κ1) is 14.6. The molecule has 0 radical (unpaired) electrons. The highest BCUT2D eigenvalue weighted by Gasteiger charge is 2.46. The number of fused-ring (bicyclic) bond motifs is 1. The van der Waals surface area contributed by atoms with Crippen molar-refractivity contribution in [3.8, 4) is 0 Å². The summed E-state index contributed by atoms with van der Waals surface area (Å²) < 4.78 is 47.1. The number of alkyl halides is 1. The molecule has 0 spiro atoms. The normalized spacial score (nSPS) is 15.8. The molecule has 1 aliphatic rings. The third-order valence-corrected chi connectivity index (χ3v) is 3.64. The van der Waals surface area contributed by atoms with E-state index in [-0.39, 0.29) is 30.4 Å². The summed E-state index contributed by atoms with van der Waals surface area (Å²) in [6.45, 7) is 1.60. The fourth-order valence-electron chi connectivity index (χ4n) is 2.35. The van der Waals surface area contributed by atoms with Gasteiger partial charge in [0.15, 0.2) is 17.4 Å². The van der Waals surface area contributed by atoms with Gasteiger partial charge in [-0.25, -0.2) is 18.0 Å². The Labute approximate surface area is 123 Å². The average Bonchev–Trinajstić information content (AvgIpc) is 3.20. The van der Waals surface area contributed by atoms with Crippen LogP contribution in [0, 0.1) is 11.6 Å². The number of aromatic nitrogens is 1. The van der Waals surface area contributed by atoms with Crippen molar-refractivity contribution in [1.82, 2.24) is 4.57 Å². The molecule has 3 rings (SSSR count). The lowest BCUT2D eigenvalue weighted by Crippen LogP contribution is -2.24. The van der Waals surface area contributed by atoms with Crippen LogP contribution in [-0.2, 0) is 10.5 Å². The average molecular weight is 311 g/mol. The van der Waals surface area contributed by atoms with Crippen LogP contribution in [0.3, 0.4) is 0 Å². The van der Waals surface area contributed by atoms with E-state index in [9.17, 15) is 22.8 Å². The molecule has 2 aromatic rings. The van der Waals surface area contributed by atoms with Gasteiger partial charge in [0.2, 0.25) is 5.43 Å². The first-order chi connectivity index (χ1) is 10.4. The summed E-state index contributed by atoms with van der Waals surface area (Å²) in [5.41, 5.74) is -1.30. The zero-order valence-electron chi connectivity index (χ0n) is 11.7. The molecule has 0 atom stereocenters. The Bertz CT molecular complexity index is 840. The van der Waals surface area contributed by atoms with E-state index < -0.39 is 34.4 Å². The van der Waals surface area contributed by atoms with Crippen molar-refractivity contribution < 1.29 is 22.7 Å². The Morgan fingerprint density at radius 2 is 1.95 bits per heavy atom. The van der Waals surface area contributed by atoms with Crippen LogP contribution < -0.4 is 5.43 Å². The molecular formula is C15H12F3NO3. The first-order valence-electron chi connectivity index (χ1n) is 6.78. The smallest absolute Gasteiger partial charge is 0.343 e. The Morgan fingerprint density at radius 3 is 2.55 bits per heavy atom. The van der Waals surface area contributed by atoms with Crippen LogP contribution in [0.1, 0.15) is 30.1 Å². The number of ether oxygens (including phenoxy) is 1. The second-order valence-electron chi connectivity index (χ2n) is 5.16. The number of nitrogens with zero attached hydrogens (tertiary/aromatic N) is 1. The summed E-state index contributed by atoms with van der Waals surface area (Å²) >= 11 is 0. The lowest BCUT2D eigenvalue weighted by molar-refractivity contribution is 0.0523. The van der Waals surface area contributed by atoms with Crippen LogP contribution in [0.2, 0.25) is 0 Å². The van der Waals surface area contributed by atoms with E-state index in [4.69, 9.17) is 4.74 Å². The van der Waals surface area contributed by atoms with Crippen molar-refractivity contribution in [3.63, 3.8) is 0 Å². The molecule has 0 N–H and O–H groups in total. The third kappa shape index (κ3) is 2.17. The first-order valence-corrected chi connectivity index (χ1v) is 6.78. The van der Waals surface area contributed by atoms with Crippen LogP contribution in [0.4, 0.5) is 13.2 Å². The molecule has 0 unspecified atom stereocenters. The van der Waals surface area contributed by atoms with Crippen LogP contribution in [-0.4, -0.2) is 17.1 Å². The Kier molecular flexibility index (Phi) is 3.23. The van der Waals surface area contributed by atoms with E-state index in [0.717, 1.165) is 16.8 Å². The minimum absolute atomic E-state index is 0.0366. The zero-order valence-corrected chi connectivity index (χ0v) is 11.7. The molecule has 1 saturated carbocycles. The molecule has 1 fully saturated rings. The van der Waals surface area contributed by atoms with Gasteiger partial charge in [-0.3, -0.25) is 4.79 Å². The number of rotatable bonds is 3. The van der Waals surface area contributed by atoms with Gasteiger partial charge >= 0.3 is 5.97 Å². The molecule has 7 heteroatoms. The number of carbonyl (C=O) groups is 1. The quantitative estimate of drug-likeness (QED) is 0.819. The summed E-state index contributed by atoms with van der Waals surface area (Å²) in [7, 11) is 0. The van der Waals surface area contributed by atoms with Gasteiger partial charge in [0, 0.05) is 30.5 Å². The van der Waals surface area contributed by atoms with Crippen molar-refractivity contribution in [2.24, 2.45) is 0 Å². The molecule has 22 heavy (non-hydrogen) atoms. The van der Waals surface area contributed by atoms with E-state index in [1.807, 2.05) is 0 Å². The van der Waals surface area contributed by atoms with E-state index in [1.54, 1.807) is 6.92 Å². The van der Waals surface area contributed by atoms with Crippen molar-refractivity contribution in [1.29, 1.82) is 0 Å². The van der Waals surface area contributed by atoms with E-state index in [1.165, 1.54) is 0 Å². The summed E-state index contributed by atoms with van der Waals surface area (Å²) in [6, 6.07) is 1.44. The van der Waals surface area contributed by atoms with Crippen molar-refractivity contribution in [3.05, 3.63) is 45.8 Å². The molecule has 1 aromatic heterocycles. The number of benzene rings is 1. The fourth-order valence-corrected chi connectivity index (χ4v) is 2.35. The highest BCUT2D eigenvalue weighted by molar-refractivity contribution is 5.94. The number of hydrogen-bond acceptors (Lipinski definition) is 3. The summed E-state index contributed by atoms with van der Waals surface area (Å²) in [5, 5.41) is -0.256. The standard InChI is InChI=1S/C15H12F3NO3/c1-2-22-14(21)9-7-19(15(18)3-4-15)12-6-11(17)10(16)5-8(12)13(9)20/h5-7H,2-4H2,1H3. The Hall–Kier alpha value is -2.31. The van der Waals surface area contributed by atoms with Gasteiger partial charge in [-0.2, -0.15) is 0 Å². The van der Waals surface area contributed by atoms with Gasteiger partial charge < -0.3 is 9.30 Å². The van der Waals surface area contributed by atoms with E-state index in [0.29, 0.717) is 6.07 Å². The lowest BCUT2D eigenvalue weighted by Gasteiger charge is -2.16. The monoisotopic (exact) mass is 311 g/mol. The molecule has 0 bridgehead atoms. The number of esters is 1. The van der Waals surface area contributed by atoms with Crippen LogP contribution in [0.5, 0.6) is 0 Å². The van der Waals surface area contributed by atoms with Gasteiger partial charge in [-0.05, 0) is 13.0 Å². The highest BCUT2D eigenvalue weighted by atomic mass is 19.2. The molecule has 1 heterocycles. The number of hydrogen-bond donors (Lipinski definition) is 0. The Balaban J connectivity index is 2.36. The zero-order chi connectivity index (χ0) is 16.1. The molecule has 4 nitrogen and oxygen atoms in total. The summed E-state index contributed by atoms with van der Waals surface area (Å²) in [4.78, 5) is 24.1. The predicted octanol–water partition coefficient (Wildman–Crippen LogP) is 2.87. The molecule has 0 aliphatic heterocycles. The van der Waals surface area contributed by atoms with Crippen molar-refractivity contribution >= 4 is 16.9 Å². The van der Waals surface area contributed by atoms with Crippen LogP contribution in [0.15, 0.2) is 23.1 Å². The fraction of sp³-hybridized carbons (Fsp3) is 0.333. The third-order valence-electron chi connectivity index (χ3n) is 3.64. The summed E-state index contributed by atoms with van der Waals surface area (Å²) in [6.07, 6.45) is 1.37. The number of halogens is 3. The Morgan fingerprint density at radius 1 is 1.32 bits per heavy atom. The number of carbonyl (C=O) groups excluding carboxylic acids is 1. The van der Waals surface area contributed by atoms with Crippen LogP contribution in [0.25, 0.3) is 10.9 Å². The maximum atomic E-state index is 14.4. The largest absolute Gasteiger partial charge is 0.462 e. The second-order valence-corrected chi connectivity index (χ2v) is 5.16. The van der Waals surface area contributed by atoms with Gasteiger partial charge in [-0.1, -0.05) is 0 Å². The van der Waals surface area contributed by atoms with Crippen molar-refractivity contribution in [2.45, 2.75) is 25.6 Å². The highest BCUT2D eigenvalue weighted by Crippen LogP contribution is 2.46. The molecule has 1 aliphatic carbocycles. The van der Waals surface area contributed by atoms with Gasteiger partial charge in [0.1, 0.15) is 5.56 Å². The van der Waals surface area contributed by atoms with Gasteiger partial charge in [0.05, 0.1) is 12.1 Å². The predicted molar refractivity (Wildman–Crippen MR) is 72.4 cm³/mol. The minimum atomic E-state index is -1.79.